The first-order valence-electron chi connectivity index (χ1n) is 9.37. The van der Waals surface area contributed by atoms with E-state index in [1.54, 1.807) is 11.3 Å². The van der Waals surface area contributed by atoms with Crippen molar-refractivity contribution in [2.24, 2.45) is 13.0 Å². The second-order valence-corrected chi connectivity index (χ2v) is 8.42. The van der Waals surface area contributed by atoms with Crippen LogP contribution >= 0.6 is 11.3 Å². The van der Waals surface area contributed by atoms with E-state index in [0.717, 1.165) is 35.5 Å². The standard InChI is InChI=1S/C20H27N5S/c1-15-18-19(24(3)22-15)21-20(26-18)23(2)13-17-9-11-25(12-10-17)14-16-7-5-4-6-8-16/h4-8,17H,9-14H2,1-3H3. The average Bonchev–Trinajstić information content (AvgIpc) is 3.20. The van der Waals surface area contributed by atoms with E-state index in [-0.39, 0.29) is 0 Å². The van der Waals surface area contributed by atoms with E-state index < -0.39 is 0 Å². The molecule has 1 aliphatic rings. The van der Waals surface area contributed by atoms with E-state index in [2.05, 4.69) is 59.2 Å². The summed E-state index contributed by atoms with van der Waals surface area (Å²) in [6, 6.07) is 10.8. The number of rotatable bonds is 5. The number of hydrogen-bond acceptors (Lipinski definition) is 5. The third kappa shape index (κ3) is 3.62. The van der Waals surface area contributed by atoms with Gasteiger partial charge in [-0.25, -0.2) is 9.67 Å². The first-order chi connectivity index (χ1) is 12.6. The largest absolute Gasteiger partial charge is 0.351 e. The Labute approximate surface area is 159 Å². The molecule has 0 saturated carbocycles. The number of nitrogens with zero attached hydrogens (tertiary/aromatic N) is 5. The summed E-state index contributed by atoms with van der Waals surface area (Å²) in [6.45, 7) is 6.61. The minimum absolute atomic E-state index is 0.748. The molecule has 4 rings (SSSR count). The van der Waals surface area contributed by atoms with Crippen LogP contribution in [0.1, 0.15) is 24.1 Å². The van der Waals surface area contributed by atoms with Crippen molar-refractivity contribution in [2.75, 3.05) is 31.6 Å². The fourth-order valence-electron chi connectivity index (χ4n) is 3.87. The van der Waals surface area contributed by atoms with Gasteiger partial charge in [0.2, 0.25) is 0 Å². The number of aryl methyl sites for hydroxylation is 2. The van der Waals surface area contributed by atoms with Crippen molar-refractivity contribution in [2.45, 2.75) is 26.3 Å². The van der Waals surface area contributed by atoms with Crippen molar-refractivity contribution < 1.29 is 0 Å². The number of thiazole rings is 1. The SMILES string of the molecule is Cc1nn(C)c2nc(N(C)CC3CCN(Cc4ccccc4)CC3)sc12. The Balaban J connectivity index is 1.32. The summed E-state index contributed by atoms with van der Waals surface area (Å²) in [5.41, 5.74) is 3.50. The van der Waals surface area contributed by atoms with Crippen LogP contribution in [0.25, 0.3) is 10.3 Å². The zero-order valence-corrected chi connectivity index (χ0v) is 16.7. The molecule has 0 amide bonds. The van der Waals surface area contributed by atoms with Crippen LogP contribution in [0.15, 0.2) is 30.3 Å². The number of benzene rings is 1. The molecular formula is C20H27N5S. The third-order valence-corrected chi connectivity index (χ3v) is 6.62. The lowest BCUT2D eigenvalue weighted by atomic mass is 9.96. The van der Waals surface area contributed by atoms with Crippen molar-refractivity contribution in [1.82, 2.24) is 19.7 Å². The Bertz CT molecular complexity index is 827. The molecule has 1 aromatic carbocycles. The predicted molar refractivity (Wildman–Crippen MR) is 109 cm³/mol. The molecule has 1 saturated heterocycles. The molecule has 26 heavy (non-hydrogen) atoms. The van der Waals surface area contributed by atoms with Gasteiger partial charge in [0.1, 0.15) is 0 Å². The monoisotopic (exact) mass is 369 g/mol. The first-order valence-corrected chi connectivity index (χ1v) is 10.2. The van der Waals surface area contributed by atoms with Gasteiger partial charge in [0.15, 0.2) is 10.8 Å². The number of aromatic nitrogens is 3. The maximum Gasteiger partial charge on any atom is 0.187 e. The lowest BCUT2D eigenvalue weighted by Crippen LogP contribution is -2.37. The second-order valence-electron chi connectivity index (χ2n) is 7.44. The van der Waals surface area contributed by atoms with Gasteiger partial charge in [-0.3, -0.25) is 4.90 Å². The van der Waals surface area contributed by atoms with Crippen LogP contribution in [0.2, 0.25) is 0 Å². The Kier molecular flexibility index (Phi) is 4.96. The molecule has 3 heterocycles. The summed E-state index contributed by atoms with van der Waals surface area (Å²) in [6.07, 6.45) is 2.53. The van der Waals surface area contributed by atoms with E-state index in [0.29, 0.717) is 0 Å². The molecule has 0 atom stereocenters. The van der Waals surface area contributed by atoms with Gasteiger partial charge in [-0.15, -0.1) is 0 Å². The molecule has 138 valence electrons. The highest BCUT2D eigenvalue weighted by Gasteiger charge is 2.22. The van der Waals surface area contributed by atoms with Gasteiger partial charge in [-0.2, -0.15) is 5.10 Å². The summed E-state index contributed by atoms with van der Waals surface area (Å²) in [5, 5.41) is 5.56. The number of fused-ring (bicyclic) bond motifs is 1. The van der Waals surface area contributed by atoms with Gasteiger partial charge < -0.3 is 4.90 Å². The summed E-state index contributed by atoms with van der Waals surface area (Å²) < 4.78 is 3.10. The van der Waals surface area contributed by atoms with E-state index in [1.807, 2.05) is 11.7 Å². The van der Waals surface area contributed by atoms with Gasteiger partial charge in [0.05, 0.1) is 10.4 Å². The first kappa shape index (κ1) is 17.5. The second kappa shape index (κ2) is 7.37. The number of piperidine rings is 1. The molecule has 3 aromatic rings. The van der Waals surface area contributed by atoms with Crippen LogP contribution in [0, 0.1) is 12.8 Å². The highest BCUT2D eigenvalue weighted by atomic mass is 32.1. The summed E-state index contributed by atoms with van der Waals surface area (Å²) in [5.74, 6) is 0.748. The molecule has 1 aliphatic heterocycles. The maximum atomic E-state index is 4.80. The summed E-state index contributed by atoms with van der Waals surface area (Å²) in [4.78, 5) is 9.72. The quantitative estimate of drug-likeness (QED) is 0.687. The molecule has 5 nitrogen and oxygen atoms in total. The zero-order chi connectivity index (χ0) is 18.1. The molecule has 0 unspecified atom stereocenters. The normalized spacial score (nSPS) is 16.4. The Morgan fingerprint density at radius 1 is 1.19 bits per heavy atom. The molecule has 1 fully saturated rings. The van der Waals surface area contributed by atoms with Crippen molar-refractivity contribution in [3.05, 3.63) is 41.6 Å². The van der Waals surface area contributed by atoms with Crippen LogP contribution in [-0.2, 0) is 13.6 Å². The van der Waals surface area contributed by atoms with Gasteiger partial charge in [-0.05, 0) is 44.3 Å². The summed E-state index contributed by atoms with van der Waals surface area (Å²) >= 11 is 1.76. The van der Waals surface area contributed by atoms with Crippen molar-refractivity contribution in [3.63, 3.8) is 0 Å². The van der Waals surface area contributed by atoms with Crippen molar-refractivity contribution in [1.29, 1.82) is 0 Å². The highest BCUT2D eigenvalue weighted by molar-refractivity contribution is 7.22. The van der Waals surface area contributed by atoms with E-state index in [1.165, 1.54) is 36.2 Å². The fourth-order valence-corrected chi connectivity index (χ4v) is 4.87. The van der Waals surface area contributed by atoms with Crippen LogP contribution in [0.4, 0.5) is 5.13 Å². The lowest BCUT2D eigenvalue weighted by molar-refractivity contribution is 0.180. The third-order valence-electron chi connectivity index (χ3n) is 5.35. The minimum Gasteiger partial charge on any atom is -0.351 e. The average molecular weight is 370 g/mol. The molecule has 2 aromatic heterocycles. The van der Waals surface area contributed by atoms with Crippen LogP contribution in [-0.4, -0.2) is 46.3 Å². The Hall–Kier alpha value is -1.92. The van der Waals surface area contributed by atoms with Gasteiger partial charge in [-0.1, -0.05) is 41.7 Å². The van der Waals surface area contributed by atoms with Gasteiger partial charge in [0.25, 0.3) is 0 Å². The number of likely N-dealkylation sites (tertiary alicyclic amines) is 1. The number of anilines is 1. The van der Waals surface area contributed by atoms with E-state index in [9.17, 15) is 0 Å². The minimum atomic E-state index is 0.748. The zero-order valence-electron chi connectivity index (χ0n) is 15.9. The van der Waals surface area contributed by atoms with Crippen molar-refractivity contribution in [3.8, 4) is 0 Å². The molecular weight excluding hydrogens is 342 g/mol. The maximum absolute atomic E-state index is 4.80. The van der Waals surface area contributed by atoms with Gasteiger partial charge >= 0.3 is 0 Å². The molecule has 0 spiro atoms. The topological polar surface area (TPSA) is 37.2 Å². The van der Waals surface area contributed by atoms with Gasteiger partial charge in [0, 0.05) is 27.2 Å². The lowest BCUT2D eigenvalue weighted by Gasteiger charge is -2.33. The van der Waals surface area contributed by atoms with Crippen molar-refractivity contribution >= 4 is 26.8 Å². The highest BCUT2D eigenvalue weighted by Crippen LogP contribution is 2.31. The van der Waals surface area contributed by atoms with E-state index >= 15 is 0 Å². The van der Waals surface area contributed by atoms with Crippen LogP contribution in [0.5, 0.6) is 0 Å². The molecule has 0 aliphatic carbocycles. The Morgan fingerprint density at radius 3 is 2.62 bits per heavy atom. The number of hydrogen-bond donors (Lipinski definition) is 0. The molecule has 0 bridgehead atoms. The Morgan fingerprint density at radius 2 is 1.92 bits per heavy atom. The molecule has 0 radical (unpaired) electrons. The predicted octanol–water partition coefficient (Wildman–Crippen LogP) is 3.69. The smallest absolute Gasteiger partial charge is 0.187 e. The van der Waals surface area contributed by atoms with Crippen LogP contribution < -0.4 is 4.90 Å². The summed E-state index contributed by atoms with van der Waals surface area (Å²) in [7, 11) is 4.15. The molecule has 0 N–H and O–H groups in total. The van der Waals surface area contributed by atoms with E-state index in [4.69, 9.17) is 4.98 Å². The molecule has 6 heteroatoms. The fraction of sp³-hybridized carbons (Fsp3) is 0.500. The van der Waals surface area contributed by atoms with Crippen LogP contribution in [0.3, 0.4) is 0 Å².